The van der Waals surface area contributed by atoms with E-state index < -0.39 is 6.03 Å². The lowest BCUT2D eigenvalue weighted by atomic mass is 10.1. The number of nitrogens with two attached hydrogens (primary N) is 1. The van der Waals surface area contributed by atoms with Crippen molar-refractivity contribution < 1.29 is 14.3 Å². The first kappa shape index (κ1) is 20.5. The van der Waals surface area contributed by atoms with E-state index in [9.17, 15) is 9.59 Å². The second kappa shape index (κ2) is 9.24. The van der Waals surface area contributed by atoms with Gasteiger partial charge in [0.1, 0.15) is 5.75 Å². The summed E-state index contributed by atoms with van der Waals surface area (Å²) in [6, 6.07) is 6.13. The molecule has 3 amide bonds. The topological polar surface area (TPSA) is 123 Å². The summed E-state index contributed by atoms with van der Waals surface area (Å²) in [7, 11) is 1.47. The summed E-state index contributed by atoms with van der Waals surface area (Å²) in [4.78, 5) is 23.4. The highest BCUT2D eigenvalue weighted by atomic mass is 35.5. The third-order valence-corrected chi connectivity index (χ3v) is 4.20. The molecule has 0 radical (unpaired) electrons. The minimum Gasteiger partial charge on any atom is -0.494 e. The molecule has 0 aliphatic carbocycles. The van der Waals surface area contributed by atoms with Crippen LogP contribution in [0.5, 0.6) is 5.75 Å². The molecule has 27 heavy (non-hydrogen) atoms. The highest BCUT2D eigenvalue weighted by Crippen LogP contribution is 2.28. The molecular weight excluding hydrogens is 372 g/mol. The molecule has 1 fully saturated rings. The van der Waals surface area contributed by atoms with Crippen molar-refractivity contribution in [3.8, 4) is 5.75 Å². The highest BCUT2D eigenvalue weighted by molar-refractivity contribution is 6.03. The van der Waals surface area contributed by atoms with Crippen LogP contribution in [0.2, 0.25) is 0 Å². The Kier molecular flexibility index (Phi) is 7.03. The zero-order chi connectivity index (χ0) is 18.5. The lowest BCUT2D eigenvalue weighted by Crippen LogP contribution is -2.32. The van der Waals surface area contributed by atoms with Crippen LogP contribution in [0.1, 0.15) is 29.4 Å². The average Bonchev–Trinajstić information content (AvgIpc) is 3.13. The molecule has 1 unspecified atom stereocenters. The van der Waals surface area contributed by atoms with Crippen LogP contribution in [0.15, 0.2) is 30.5 Å². The number of anilines is 2. The quantitative estimate of drug-likeness (QED) is 0.617. The fourth-order valence-corrected chi connectivity index (χ4v) is 2.92. The van der Waals surface area contributed by atoms with Gasteiger partial charge in [-0.1, -0.05) is 0 Å². The van der Waals surface area contributed by atoms with Crippen LogP contribution in [0.3, 0.4) is 0 Å². The van der Waals surface area contributed by atoms with Crippen molar-refractivity contribution >= 4 is 35.7 Å². The number of ether oxygens (including phenoxy) is 1. The Morgan fingerprint density at radius 3 is 2.81 bits per heavy atom. The van der Waals surface area contributed by atoms with Gasteiger partial charge in [-0.3, -0.25) is 9.48 Å². The summed E-state index contributed by atoms with van der Waals surface area (Å²) in [6.07, 6.45) is 3.96. The first-order valence-corrected chi connectivity index (χ1v) is 8.38. The molecule has 9 nitrogen and oxygen atoms in total. The number of methoxy groups -OCH3 is 1. The van der Waals surface area contributed by atoms with E-state index in [0.29, 0.717) is 22.8 Å². The van der Waals surface area contributed by atoms with E-state index in [-0.39, 0.29) is 24.4 Å². The van der Waals surface area contributed by atoms with Gasteiger partial charge >= 0.3 is 6.03 Å². The second-order valence-corrected chi connectivity index (χ2v) is 6.04. The number of piperidine rings is 1. The van der Waals surface area contributed by atoms with Gasteiger partial charge < -0.3 is 26.4 Å². The van der Waals surface area contributed by atoms with Gasteiger partial charge in [0.25, 0.3) is 5.91 Å². The Morgan fingerprint density at radius 1 is 1.33 bits per heavy atom. The average molecular weight is 395 g/mol. The standard InChI is InChI=1S/C17H22N6O3.ClH/c1-26-15-9-11(4-5-13(15)21-17(18)25)20-16(24)14-6-8-23(22-14)12-3-2-7-19-10-12;/h4-6,8-9,12,19H,2-3,7,10H2,1H3,(H,20,24)(H3,18,21,25);1H. The monoisotopic (exact) mass is 394 g/mol. The Hall–Kier alpha value is -2.78. The molecule has 0 bridgehead atoms. The fourth-order valence-electron chi connectivity index (χ4n) is 2.92. The maximum atomic E-state index is 12.4. The molecule has 1 aliphatic rings. The predicted molar refractivity (Wildman–Crippen MR) is 105 cm³/mol. The van der Waals surface area contributed by atoms with E-state index >= 15 is 0 Å². The number of amides is 3. The number of nitrogens with one attached hydrogen (secondary N) is 3. The molecule has 3 rings (SSSR count). The van der Waals surface area contributed by atoms with Gasteiger partial charge in [0, 0.05) is 24.5 Å². The van der Waals surface area contributed by atoms with Crippen LogP contribution >= 0.6 is 12.4 Å². The number of urea groups is 1. The van der Waals surface area contributed by atoms with Crippen molar-refractivity contribution in [2.24, 2.45) is 5.73 Å². The third kappa shape index (κ3) is 5.11. The van der Waals surface area contributed by atoms with Crippen LogP contribution in [-0.2, 0) is 0 Å². The van der Waals surface area contributed by atoms with Crippen molar-refractivity contribution in [3.05, 3.63) is 36.2 Å². The van der Waals surface area contributed by atoms with Gasteiger partial charge in [-0.05, 0) is 37.6 Å². The first-order valence-electron chi connectivity index (χ1n) is 8.38. The minimum atomic E-state index is -0.692. The molecule has 146 valence electrons. The summed E-state index contributed by atoms with van der Waals surface area (Å²) < 4.78 is 7.04. The molecule has 5 N–H and O–H groups in total. The molecule has 10 heteroatoms. The van der Waals surface area contributed by atoms with Gasteiger partial charge in [-0.15, -0.1) is 12.4 Å². The van der Waals surface area contributed by atoms with Crippen molar-refractivity contribution in [3.63, 3.8) is 0 Å². The van der Waals surface area contributed by atoms with Gasteiger partial charge in [-0.25, -0.2) is 4.79 Å². The Balaban J connectivity index is 0.00000261. The minimum absolute atomic E-state index is 0. The maximum absolute atomic E-state index is 12.4. The van der Waals surface area contributed by atoms with Crippen LogP contribution in [0.4, 0.5) is 16.2 Å². The number of carbonyl (C=O) groups excluding carboxylic acids is 2. The molecule has 0 saturated carbocycles. The zero-order valence-corrected chi connectivity index (χ0v) is 15.7. The largest absolute Gasteiger partial charge is 0.494 e. The summed E-state index contributed by atoms with van der Waals surface area (Å²) in [5.41, 5.74) is 6.40. The van der Waals surface area contributed by atoms with Crippen LogP contribution < -0.4 is 26.4 Å². The van der Waals surface area contributed by atoms with Crippen molar-refractivity contribution in [2.45, 2.75) is 18.9 Å². The first-order chi connectivity index (χ1) is 12.6. The molecule has 2 aromatic rings. The van der Waals surface area contributed by atoms with E-state index in [4.69, 9.17) is 10.5 Å². The molecule has 1 atom stereocenters. The molecule has 1 saturated heterocycles. The number of hydrogen-bond donors (Lipinski definition) is 4. The molecule has 1 aromatic carbocycles. The van der Waals surface area contributed by atoms with E-state index in [0.717, 1.165) is 25.9 Å². The number of hydrogen-bond acceptors (Lipinski definition) is 5. The van der Waals surface area contributed by atoms with E-state index in [1.54, 1.807) is 24.3 Å². The molecule has 1 aliphatic heterocycles. The van der Waals surface area contributed by atoms with E-state index in [1.807, 2.05) is 10.9 Å². The van der Waals surface area contributed by atoms with E-state index in [1.165, 1.54) is 7.11 Å². The van der Waals surface area contributed by atoms with Crippen molar-refractivity contribution in [2.75, 3.05) is 30.8 Å². The number of halogens is 1. The Labute approximate surface area is 163 Å². The summed E-state index contributed by atoms with van der Waals surface area (Å²) in [5.74, 6) is 0.0746. The number of benzene rings is 1. The maximum Gasteiger partial charge on any atom is 0.316 e. The van der Waals surface area contributed by atoms with Crippen molar-refractivity contribution in [1.82, 2.24) is 15.1 Å². The van der Waals surface area contributed by atoms with Gasteiger partial charge in [0.2, 0.25) is 0 Å². The lowest BCUT2D eigenvalue weighted by Gasteiger charge is -2.22. The van der Waals surface area contributed by atoms with Gasteiger partial charge in [-0.2, -0.15) is 5.10 Å². The fraction of sp³-hybridized carbons (Fsp3) is 0.353. The van der Waals surface area contributed by atoms with Crippen LogP contribution in [-0.4, -0.2) is 41.9 Å². The van der Waals surface area contributed by atoms with E-state index in [2.05, 4.69) is 21.0 Å². The SMILES string of the molecule is COc1cc(NC(=O)c2ccn(C3CCCNC3)n2)ccc1NC(N)=O.Cl. The molecule has 2 heterocycles. The number of aromatic nitrogens is 2. The zero-order valence-electron chi connectivity index (χ0n) is 14.9. The van der Waals surface area contributed by atoms with Gasteiger partial charge in [0.15, 0.2) is 5.69 Å². The normalized spacial score (nSPS) is 16.1. The third-order valence-electron chi connectivity index (χ3n) is 4.20. The van der Waals surface area contributed by atoms with Crippen LogP contribution in [0, 0.1) is 0 Å². The number of rotatable bonds is 5. The summed E-state index contributed by atoms with van der Waals surface area (Å²) >= 11 is 0. The highest BCUT2D eigenvalue weighted by Gasteiger charge is 2.18. The van der Waals surface area contributed by atoms with Gasteiger partial charge in [0.05, 0.1) is 18.8 Å². The number of primary amides is 1. The summed E-state index contributed by atoms with van der Waals surface area (Å²) in [5, 5.41) is 12.9. The lowest BCUT2D eigenvalue weighted by molar-refractivity contribution is 0.102. The number of carbonyl (C=O) groups is 2. The number of nitrogens with zero attached hydrogens (tertiary/aromatic N) is 2. The Morgan fingerprint density at radius 2 is 2.15 bits per heavy atom. The summed E-state index contributed by atoms with van der Waals surface area (Å²) in [6.45, 7) is 1.88. The smallest absolute Gasteiger partial charge is 0.316 e. The van der Waals surface area contributed by atoms with Crippen molar-refractivity contribution in [1.29, 1.82) is 0 Å². The molecule has 1 aromatic heterocycles. The molecular formula is C17H23ClN6O3. The van der Waals surface area contributed by atoms with Crippen LogP contribution in [0.25, 0.3) is 0 Å². The molecule has 0 spiro atoms. The predicted octanol–water partition coefficient (Wildman–Crippen LogP) is 1.98. The Bertz CT molecular complexity index is 804. The second-order valence-electron chi connectivity index (χ2n) is 6.04.